The molecule has 0 aliphatic heterocycles. The maximum atomic E-state index is 11.4. The number of carbonyl (C=O) groups is 2. The van der Waals surface area contributed by atoms with Crippen LogP contribution >= 0.6 is 0 Å². The third-order valence-corrected chi connectivity index (χ3v) is 3.63. The van der Waals surface area contributed by atoms with E-state index >= 15 is 0 Å². The van der Waals surface area contributed by atoms with Gasteiger partial charge in [-0.15, -0.1) is 0 Å². The molecular formula is C10H9NO7S. The first-order valence-corrected chi connectivity index (χ1v) is 6.27. The van der Waals surface area contributed by atoms with E-state index in [2.05, 4.69) is 4.18 Å². The summed E-state index contributed by atoms with van der Waals surface area (Å²) in [5.74, 6) is -1.32. The van der Waals surface area contributed by atoms with Gasteiger partial charge in [0.2, 0.25) is 0 Å². The van der Waals surface area contributed by atoms with Crippen LogP contribution in [0.3, 0.4) is 0 Å². The van der Waals surface area contributed by atoms with E-state index in [1.165, 1.54) is 0 Å². The summed E-state index contributed by atoms with van der Waals surface area (Å²) in [5, 5.41) is 10.9. The lowest BCUT2D eigenvalue weighted by molar-refractivity contribution is -0.385. The van der Waals surface area contributed by atoms with Crippen molar-refractivity contribution >= 4 is 28.4 Å². The standard InChI is InChI=1S/C10H9NO7S/c1-18-19(16,17)8-2-3-9(7(5-12)6-13)10(4-8)11(14)15/h2-7H,1H3. The zero-order valence-corrected chi connectivity index (χ0v) is 10.5. The largest absolute Gasteiger partial charge is 0.302 e. The van der Waals surface area contributed by atoms with Crippen molar-refractivity contribution in [2.75, 3.05) is 7.11 Å². The second kappa shape index (κ2) is 5.67. The molecular weight excluding hydrogens is 278 g/mol. The molecule has 1 rings (SSSR count). The Bertz CT molecular complexity index is 615. The zero-order valence-electron chi connectivity index (χ0n) is 9.68. The van der Waals surface area contributed by atoms with E-state index in [1.54, 1.807) is 0 Å². The monoisotopic (exact) mass is 287 g/mol. The van der Waals surface area contributed by atoms with E-state index in [4.69, 9.17) is 0 Å². The highest BCUT2D eigenvalue weighted by molar-refractivity contribution is 7.86. The molecule has 0 N–H and O–H groups in total. The first-order valence-electron chi connectivity index (χ1n) is 4.87. The highest BCUT2D eigenvalue weighted by Crippen LogP contribution is 2.28. The van der Waals surface area contributed by atoms with Crippen molar-refractivity contribution in [3.8, 4) is 0 Å². The number of aldehydes is 2. The molecule has 0 saturated carbocycles. The smallest absolute Gasteiger partial charge is 0.296 e. The summed E-state index contributed by atoms with van der Waals surface area (Å²) in [4.78, 5) is 30.9. The third-order valence-electron chi connectivity index (χ3n) is 2.36. The van der Waals surface area contributed by atoms with Crippen LogP contribution in [0.25, 0.3) is 0 Å². The van der Waals surface area contributed by atoms with E-state index in [0.717, 1.165) is 25.3 Å². The second-order valence-electron chi connectivity index (χ2n) is 3.40. The van der Waals surface area contributed by atoms with Crippen molar-refractivity contribution in [2.45, 2.75) is 10.8 Å². The van der Waals surface area contributed by atoms with Crippen LogP contribution < -0.4 is 0 Å². The van der Waals surface area contributed by atoms with Crippen molar-refractivity contribution in [1.29, 1.82) is 0 Å². The van der Waals surface area contributed by atoms with Crippen LogP contribution in [-0.2, 0) is 23.9 Å². The lowest BCUT2D eigenvalue weighted by Crippen LogP contribution is -2.08. The van der Waals surface area contributed by atoms with Crippen molar-refractivity contribution in [3.63, 3.8) is 0 Å². The van der Waals surface area contributed by atoms with Crippen LogP contribution in [0, 0.1) is 10.1 Å². The van der Waals surface area contributed by atoms with Crippen molar-refractivity contribution in [1.82, 2.24) is 0 Å². The van der Waals surface area contributed by atoms with Gasteiger partial charge in [0.05, 0.1) is 12.0 Å². The average Bonchev–Trinajstić information content (AvgIpc) is 2.40. The molecule has 0 unspecified atom stereocenters. The van der Waals surface area contributed by atoms with Crippen LogP contribution in [0.4, 0.5) is 5.69 Å². The maximum absolute atomic E-state index is 11.4. The molecule has 0 amide bonds. The van der Waals surface area contributed by atoms with Crippen LogP contribution in [0.5, 0.6) is 0 Å². The molecule has 0 aliphatic carbocycles. The molecule has 9 heteroatoms. The van der Waals surface area contributed by atoms with Gasteiger partial charge in [-0.25, -0.2) is 0 Å². The fraction of sp³-hybridized carbons (Fsp3) is 0.200. The molecule has 102 valence electrons. The zero-order chi connectivity index (χ0) is 14.6. The molecule has 1 aromatic carbocycles. The minimum Gasteiger partial charge on any atom is -0.302 e. The molecule has 0 atom stereocenters. The Kier molecular flexibility index (Phi) is 4.46. The van der Waals surface area contributed by atoms with E-state index in [-0.39, 0.29) is 18.1 Å². The number of nitro benzene ring substituents is 1. The lowest BCUT2D eigenvalue weighted by atomic mass is 10.0. The van der Waals surface area contributed by atoms with Crippen LogP contribution in [0.1, 0.15) is 11.5 Å². The average molecular weight is 287 g/mol. The van der Waals surface area contributed by atoms with E-state index in [1.807, 2.05) is 0 Å². The van der Waals surface area contributed by atoms with E-state index in [0.29, 0.717) is 0 Å². The number of hydrogen-bond donors (Lipinski definition) is 0. The summed E-state index contributed by atoms with van der Waals surface area (Å²) in [5.41, 5.74) is -0.813. The first-order chi connectivity index (χ1) is 8.87. The predicted octanol–water partition coefficient (Wildman–Crippen LogP) is 0.411. The Labute approximate surface area is 108 Å². The summed E-state index contributed by atoms with van der Waals surface area (Å²) < 4.78 is 27.0. The highest BCUT2D eigenvalue weighted by Gasteiger charge is 2.25. The Morgan fingerprint density at radius 2 is 1.89 bits per heavy atom. The summed E-state index contributed by atoms with van der Waals surface area (Å²) >= 11 is 0. The number of carbonyl (C=O) groups excluding carboxylic acids is 2. The molecule has 0 aromatic heterocycles. The molecule has 0 spiro atoms. The Morgan fingerprint density at radius 1 is 1.32 bits per heavy atom. The molecule has 8 nitrogen and oxygen atoms in total. The molecule has 0 radical (unpaired) electrons. The van der Waals surface area contributed by atoms with Gasteiger partial charge >= 0.3 is 0 Å². The van der Waals surface area contributed by atoms with Gasteiger partial charge in [0.1, 0.15) is 23.4 Å². The van der Waals surface area contributed by atoms with Crippen LogP contribution in [0.15, 0.2) is 23.1 Å². The summed E-state index contributed by atoms with van der Waals surface area (Å²) in [6, 6.07) is 2.81. The van der Waals surface area contributed by atoms with E-state index < -0.39 is 31.5 Å². The Morgan fingerprint density at radius 3 is 2.32 bits per heavy atom. The quantitative estimate of drug-likeness (QED) is 0.244. The van der Waals surface area contributed by atoms with Crippen molar-refractivity contribution < 1.29 is 27.1 Å². The van der Waals surface area contributed by atoms with Gasteiger partial charge in [-0.3, -0.25) is 14.3 Å². The van der Waals surface area contributed by atoms with Gasteiger partial charge in [-0.2, -0.15) is 8.42 Å². The minimum absolute atomic E-state index is 0.176. The molecule has 0 fully saturated rings. The number of nitro groups is 1. The third kappa shape index (κ3) is 3.01. The van der Waals surface area contributed by atoms with Gasteiger partial charge in [-0.1, -0.05) is 0 Å². The summed E-state index contributed by atoms with van der Waals surface area (Å²) in [6.45, 7) is 0. The summed E-state index contributed by atoms with van der Waals surface area (Å²) in [7, 11) is -3.18. The molecule has 0 saturated heterocycles. The predicted molar refractivity (Wildman–Crippen MR) is 62.2 cm³/mol. The van der Waals surface area contributed by atoms with Gasteiger partial charge < -0.3 is 9.59 Å². The van der Waals surface area contributed by atoms with Gasteiger partial charge in [0.15, 0.2) is 0 Å². The lowest BCUT2D eigenvalue weighted by Gasteiger charge is -2.07. The number of rotatable bonds is 6. The Balaban J connectivity index is 3.51. The van der Waals surface area contributed by atoms with Crippen LogP contribution in [0.2, 0.25) is 0 Å². The second-order valence-corrected chi connectivity index (χ2v) is 5.11. The van der Waals surface area contributed by atoms with Crippen molar-refractivity contribution in [3.05, 3.63) is 33.9 Å². The fourth-order valence-electron chi connectivity index (χ4n) is 1.39. The van der Waals surface area contributed by atoms with E-state index in [9.17, 15) is 28.1 Å². The normalized spacial score (nSPS) is 11.3. The first kappa shape index (κ1) is 14.9. The molecule has 0 aliphatic rings. The Hall–Kier alpha value is -2.13. The van der Waals surface area contributed by atoms with Crippen molar-refractivity contribution in [2.24, 2.45) is 0 Å². The van der Waals surface area contributed by atoms with Gasteiger partial charge in [0.25, 0.3) is 15.8 Å². The molecule has 0 heterocycles. The number of hydrogen-bond acceptors (Lipinski definition) is 7. The fourth-order valence-corrected chi connectivity index (χ4v) is 2.08. The van der Waals surface area contributed by atoms with Crippen LogP contribution in [-0.4, -0.2) is 33.0 Å². The highest BCUT2D eigenvalue weighted by atomic mass is 32.2. The number of benzene rings is 1. The number of nitrogens with zero attached hydrogens (tertiary/aromatic N) is 1. The minimum atomic E-state index is -4.09. The van der Waals surface area contributed by atoms with Gasteiger partial charge in [-0.05, 0) is 12.1 Å². The topological polar surface area (TPSA) is 121 Å². The summed E-state index contributed by atoms with van der Waals surface area (Å²) in [6.07, 6.45) is 0.472. The molecule has 19 heavy (non-hydrogen) atoms. The molecule has 0 bridgehead atoms. The molecule has 1 aromatic rings. The SMILES string of the molecule is COS(=O)(=O)c1ccc(C(C=O)C=O)c([N+](=O)[O-])c1. The maximum Gasteiger partial charge on any atom is 0.296 e. The van der Waals surface area contributed by atoms with Gasteiger partial charge in [0, 0.05) is 11.6 Å².